The second kappa shape index (κ2) is 5.85. The Bertz CT molecular complexity index is 466. The highest BCUT2D eigenvalue weighted by Crippen LogP contribution is 2.42. The first kappa shape index (κ1) is 15.5. The number of halogens is 1. The summed E-state index contributed by atoms with van der Waals surface area (Å²) >= 11 is 0. The van der Waals surface area contributed by atoms with Gasteiger partial charge in [0.05, 0.1) is 6.10 Å². The van der Waals surface area contributed by atoms with Crippen LogP contribution < -0.4 is 0 Å². The van der Waals surface area contributed by atoms with Crippen molar-refractivity contribution in [1.29, 1.82) is 0 Å². The van der Waals surface area contributed by atoms with Crippen molar-refractivity contribution in [2.75, 3.05) is 0 Å². The van der Waals surface area contributed by atoms with Crippen LogP contribution in [0.3, 0.4) is 0 Å². The second-order valence-corrected chi connectivity index (χ2v) is 7.33. The van der Waals surface area contributed by atoms with Crippen molar-refractivity contribution in [3.63, 3.8) is 0 Å². The Labute approximate surface area is 122 Å². The van der Waals surface area contributed by atoms with Crippen LogP contribution in [0.2, 0.25) is 0 Å². The second-order valence-electron chi connectivity index (χ2n) is 7.33. The number of rotatable bonds is 3. The number of hydrogen-bond acceptors (Lipinski definition) is 1. The van der Waals surface area contributed by atoms with Gasteiger partial charge < -0.3 is 5.11 Å². The van der Waals surface area contributed by atoms with E-state index in [1.165, 1.54) is 18.1 Å². The van der Waals surface area contributed by atoms with Crippen molar-refractivity contribution in [1.82, 2.24) is 0 Å². The van der Waals surface area contributed by atoms with E-state index in [2.05, 4.69) is 20.8 Å². The van der Waals surface area contributed by atoms with Gasteiger partial charge in [0, 0.05) is 0 Å². The third-order valence-corrected chi connectivity index (χ3v) is 5.03. The maximum atomic E-state index is 13.2. The lowest BCUT2D eigenvalue weighted by Gasteiger charge is -2.42. The fraction of sp³-hybridized carbons (Fsp3) is 0.667. The van der Waals surface area contributed by atoms with Gasteiger partial charge in [-0.15, -0.1) is 0 Å². The lowest BCUT2D eigenvalue weighted by Crippen LogP contribution is -2.39. The Balaban J connectivity index is 2.14. The largest absolute Gasteiger partial charge is 0.393 e. The molecule has 1 aromatic carbocycles. The van der Waals surface area contributed by atoms with Crippen LogP contribution in [0.1, 0.15) is 51.2 Å². The highest BCUT2D eigenvalue weighted by Gasteiger charge is 2.38. The molecule has 2 heteroatoms. The van der Waals surface area contributed by atoms with Crippen molar-refractivity contribution in [3.05, 3.63) is 35.1 Å². The van der Waals surface area contributed by atoms with E-state index in [0.717, 1.165) is 24.8 Å². The van der Waals surface area contributed by atoms with Crippen LogP contribution in [0.25, 0.3) is 0 Å². The number of aliphatic hydroxyl groups excluding tert-OH is 1. The molecule has 3 unspecified atom stereocenters. The molecule has 0 amide bonds. The van der Waals surface area contributed by atoms with Crippen LogP contribution in [0.5, 0.6) is 0 Å². The molecule has 1 saturated carbocycles. The van der Waals surface area contributed by atoms with Gasteiger partial charge >= 0.3 is 0 Å². The summed E-state index contributed by atoms with van der Waals surface area (Å²) in [6.45, 7) is 8.66. The molecule has 1 fully saturated rings. The monoisotopic (exact) mass is 278 g/mol. The Morgan fingerprint density at radius 2 is 2.00 bits per heavy atom. The molecule has 1 aliphatic rings. The van der Waals surface area contributed by atoms with Crippen LogP contribution in [0.4, 0.5) is 4.39 Å². The van der Waals surface area contributed by atoms with Crippen LogP contribution in [0, 0.1) is 30.0 Å². The first-order valence-electron chi connectivity index (χ1n) is 7.72. The summed E-state index contributed by atoms with van der Waals surface area (Å²) in [5.41, 5.74) is 2.25. The fourth-order valence-electron chi connectivity index (χ4n) is 3.74. The summed E-state index contributed by atoms with van der Waals surface area (Å²) < 4.78 is 13.2. The number of hydrogen-bond donors (Lipinski definition) is 1. The molecule has 2 rings (SSSR count). The maximum Gasteiger partial charge on any atom is 0.123 e. The van der Waals surface area contributed by atoms with E-state index in [4.69, 9.17) is 0 Å². The van der Waals surface area contributed by atoms with Crippen molar-refractivity contribution < 1.29 is 9.50 Å². The molecule has 0 heterocycles. The van der Waals surface area contributed by atoms with E-state index >= 15 is 0 Å². The zero-order valence-corrected chi connectivity index (χ0v) is 13.1. The predicted octanol–water partition coefficient (Wildman–Crippen LogP) is 4.50. The number of aliphatic hydroxyl groups is 1. The molecular formula is C18H27FO. The van der Waals surface area contributed by atoms with Gasteiger partial charge in [0.1, 0.15) is 5.82 Å². The highest BCUT2D eigenvalue weighted by molar-refractivity contribution is 5.27. The quantitative estimate of drug-likeness (QED) is 0.863. The average Bonchev–Trinajstić information content (AvgIpc) is 2.32. The Hall–Kier alpha value is -0.890. The summed E-state index contributed by atoms with van der Waals surface area (Å²) in [6, 6.07) is 5.03. The third kappa shape index (κ3) is 3.41. The highest BCUT2D eigenvalue weighted by atomic mass is 19.1. The van der Waals surface area contributed by atoms with Crippen LogP contribution in [0.15, 0.2) is 18.2 Å². The molecular weight excluding hydrogens is 251 g/mol. The normalized spacial score (nSPS) is 27.6. The molecule has 1 aromatic rings. The molecule has 0 saturated heterocycles. The van der Waals surface area contributed by atoms with E-state index in [0.29, 0.717) is 11.8 Å². The summed E-state index contributed by atoms with van der Waals surface area (Å²) in [4.78, 5) is 0. The van der Waals surface area contributed by atoms with Crippen LogP contribution >= 0.6 is 0 Å². The lowest BCUT2D eigenvalue weighted by molar-refractivity contribution is -0.0126. The molecule has 0 aliphatic heterocycles. The Kier molecular flexibility index (Phi) is 4.53. The molecule has 1 N–H and O–H groups in total. The topological polar surface area (TPSA) is 20.2 Å². The SMILES string of the molecule is Cc1cc(F)ccc1CC(C)(C)C1CCC(C)CC1O. The average molecular weight is 278 g/mol. The van der Waals surface area contributed by atoms with Gasteiger partial charge in [-0.2, -0.15) is 0 Å². The molecule has 0 radical (unpaired) electrons. The van der Waals surface area contributed by atoms with Gasteiger partial charge in [-0.3, -0.25) is 0 Å². The molecule has 0 aromatic heterocycles. The van der Waals surface area contributed by atoms with Gasteiger partial charge in [-0.25, -0.2) is 4.39 Å². The smallest absolute Gasteiger partial charge is 0.123 e. The number of benzene rings is 1. The molecule has 1 aliphatic carbocycles. The first-order chi connectivity index (χ1) is 9.29. The standard InChI is InChI=1S/C18H27FO/c1-12-5-8-16(17(20)9-12)18(3,4)11-14-6-7-15(19)10-13(14)2/h6-7,10,12,16-17,20H,5,8-9,11H2,1-4H3. The van der Waals surface area contributed by atoms with E-state index < -0.39 is 0 Å². The van der Waals surface area contributed by atoms with Gasteiger partial charge in [0.25, 0.3) is 0 Å². The maximum absolute atomic E-state index is 13.2. The fourth-order valence-corrected chi connectivity index (χ4v) is 3.74. The van der Waals surface area contributed by atoms with Gasteiger partial charge in [-0.1, -0.05) is 33.3 Å². The molecule has 0 spiro atoms. The van der Waals surface area contributed by atoms with Gasteiger partial charge in [0.15, 0.2) is 0 Å². The van der Waals surface area contributed by atoms with E-state index in [1.54, 1.807) is 6.07 Å². The van der Waals surface area contributed by atoms with Crippen molar-refractivity contribution in [2.45, 2.75) is 59.5 Å². The van der Waals surface area contributed by atoms with E-state index in [-0.39, 0.29) is 17.3 Å². The van der Waals surface area contributed by atoms with Crippen molar-refractivity contribution in [2.24, 2.45) is 17.3 Å². The molecule has 20 heavy (non-hydrogen) atoms. The molecule has 1 nitrogen and oxygen atoms in total. The van der Waals surface area contributed by atoms with Crippen LogP contribution in [-0.2, 0) is 6.42 Å². The van der Waals surface area contributed by atoms with Gasteiger partial charge in [-0.05, 0) is 66.7 Å². The summed E-state index contributed by atoms with van der Waals surface area (Å²) in [6.07, 6.45) is 3.91. The predicted molar refractivity (Wildman–Crippen MR) is 81.1 cm³/mol. The third-order valence-electron chi connectivity index (χ3n) is 5.03. The summed E-state index contributed by atoms with van der Waals surface area (Å²) in [5, 5.41) is 10.4. The zero-order valence-electron chi connectivity index (χ0n) is 13.1. The first-order valence-corrected chi connectivity index (χ1v) is 7.72. The molecule has 3 atom stereocenters. The summed E-state index contributed by atoms with van der Waals surface area (Å²) in [5.74, 6) is 0.795. The minimum atomic E-state index is -0.200. The minimum Gasteiger partial charge on any atom is -0.393 e. The summed E-state index contributed by atoms with van der Waals surface area (Å²) in [7, 11) is 0. The molecule has 0 bridgehead atoms. The van der Waals surface area contributed by atoms with Gasteiger partial charge in [0.2, 0.25) is 0 Å². The van der Waals surface area contributed by atoms with Crippen molar-refractivity contribution >= 4 is 0 Å². The van der Waals surface area contributed by atoms with Crippen LogP contribution in [-0.4, -0.2) is 11.2 Å². The Morgan fingerprint density at radius 3 is 2.60 bits per heavy atom. The lowest BCUT2D eigenvalue weighted by atomic mass is 9.65. The van der Waals surface area contributed by atoms with Crippen molar-refractivity contribution in [3.8, 4) is 0 Å². The number of aryl methyl sites for hydroxylation is 1. The van der Waals surface area contributed by atoms with E-state index in [1.807, 2.05) is 13.0 Å². The minimum absolute atomic E-state index is 0.0438. The van der Waals surface area contributed by atoms with E-state index in [9.17, 15) is 9.50 Å². The molecule has 112 valence electrons. The zero-order chi connectivity index (χ0) is 14.9. The Morgan fingerprint density at radius 1 is 1.30 bits per heavy atom.